The summed E-state index contributed by atoms with van der Waals surface area (Å²) in [6.45, 7) is 2.54. The lowest BCUT2D eigenvalue weighted by atomic mass is 10.2. The second-order valence-corrected chi connectivity index (χ2v) is 5.62. The third-order valence-electron chi connectivity index (χ3n) is 3.92. The Morgan fingerprint density at radius 3 is 2.74 bits per heavy atom. The second-order valence-electron chi connectivity index (χ2n) is 5.62. The van der Waals surface area contributed by atoms with Gasteiger partial charge in [-0.3, -0.25) is 14.9 Å². The van der Waals surface area contributed by atoms with Crippen molar-refractivity contribution in [2.45, 2.75) is 19.4 Å². The largest absolute Gasteiger partial charge is 0.374 e. The van der Waals surface area contributed by atoms with Crippen molar-refractivity contribution in [2.24, 2.45) is 0 Å². The van der Waals surface area contributed by atoms with Gasteiger partial charge in [-0.05, 0) is 37.1 Å². The summed E-state index contributed by atoms with van der Waals surface area (Å²) in [5.74, 6) is -0.0630. The van der Waals surface area contributed by atoms with E-state index in [1.54, 1.807) is 17.0 Å². The number of nitro benzene ring substituents is 1. The van der Waals surface area contributed by atoms with Gasteiger partial charge in [-0.1, -0.05) is 18.2 Å². The molecule has 1 heterocycles. The van der Waals surface area contributed by atoms with Crippen LogP contribution in [0, 0.1) is 17.0 Å². The molecular weight excluding hydrogens is 294 g/mol. The van der Waals surface area contributed by atoms with E-state index in [0.29, 0.717) is 18.7 Å². The maximum absolute atomic E-state index is 12.6. The van der Waals surface area contributed by atoms with Crippen molar-refractivity contribution >= 4 is 23.0 Å². The number of rotatable bonds is 4. The van der Waals surface area contributed by atoms with Crippen LogP contribution in [0.15, 0.2) is 48.5 Å². The summed E-state index contributed by atoms with van der Waals surface area (Å²) in [5, 5.41) is 14.1. The van der Waals surface area contributed by atoms with Crippen LogP contribution in [-0.4, -0.2) is 23.4 Å². The van der Waals surface area contributed by atoms with Gasteiger partial charge in [0.15, 0.2) is 0 Å². The number of nitrogens with one attached hydrogen (secondary N) is 1. The number of anilines is 2. The second kappa shape index (κ2) is 6.08. The lowest BCUT2D eigenvalue weighted by Gasteiger charge is -2.17. The van der Waals surface area contributed by atoms with Gasteiger partial charge in [-0.25, -0.2) is 0 Å². The Morgan fingerprint density at radius 1 is 1.22 bits per heavy atom. The molecule has 0 aromatic heterocycles. The number of nitrogens with zero attached hydrogens (tertiary/aromatic N) is 2. The van der Waals surface area contributed by atoms with E-state index in [1.807, 2.05) is 31.2 Å². The van der Waals surface area contributed by atoms with Gasteiger partial charge in [0.05, 0.1) is 10.6 Å². The number of hydrogen-bond donors (Lipinski definition) is 1. The van der Waals surface area contributed by atoms with Crippen molar-refractivity contribution < 1.29 is 9.72 Å². The monoisotopic (exact) mass is 311 g/mol. The average molecular weight is 311 g/mol. The van der Waals surface area contributed by atoms with Gasteiger partial charge in [0.2, 0.25) is 5.91 Å². The molecule has 1 amide bonds. The van der Waals surface area contributed by atoms with Crippen LogP contribution in [0.2, 0.25) is 0 Å². The molecule has 0 bridgehead atoms. The molecule has 0 saturated carbocycles. The Labute approximate surface area is 133 Å². The lowest BCUT2D eigenvalue weighted by Crippen LogP contribution is -2.33. The molecule has 1 aliphatic rings. The lowest BCUT2D eigenvalue weighted by molar-refractivity contribution is -0.384. The van der Waals surface area contributed by atoms with Crippen molar-refractivity contribution in [1.82, 2.24) is 0 Å². The molecule has 1 aliphatic heterocycles. The highest BCUT2D eigenvalue weighted by atomic mass is 16.6. The standard InChI is InChI=1S/C17H17N3O3/c1-12-4-2-5-13(10-12)18-16-8-9-19(17(16)21)14-6-3-7-15(11-14)20(22)23/h2-7,10-11,16,18H,8-9H2,1H3. The summed E-state index contributed by atoms with van der Waals surface area (Å²) >= 11 is 0. The van der Waals surface area contributed by atoms with Crippen LogP contribution in [0.4, 0.5) is 17.1 Å². The number of carbonyl (C=O) groups is 1. The molecule has 1 fully saturated rings. The Morgan fingerprint density at radius 2 is 2.00 bits per heavy atom. The zero-order chi connectivity index (χ0) is 16.4. The van der Waals surface area contributed by atoms with Crippen LogP contribution in [0.5, 0.6) is 0 Å². The van der Waals surface area contributed by atoms with Crippen molar-refractivity contribution in [3.63, 3.8) is 0 Å². The summed E-state index contributed by atoms with van der Waals surface area (Å²) < 4.78 is 0. The van der Waals surface area contributed by atoms with Crippen LogP contribution >= 0.6 is 0 Å². The zero-order valence-corrected chi connectivity index (χ0v) is 12.7. The Hall–Kier alpha value is -2.89. The summed E-state index contributed by atoms with van der Waals surface area (Å²) in [5.41, 5.74) is 2.59. The number of nitro groups is 1. The number of benzene rings is 2. The fourth-order valence-electron chi connectivity index (χ4n) is 2.78. The molecule has 3 rings (SSSR count). The zero-order valence-electron chi connectivity index (χ0n) is 12.7. The first kappa shape index (κ1) is 15.0. The van der Waals surface area contributed by atoms with Crippen molar-refractivity contribution in [3.8, 4) is 0 Å². The molecule has 0 radical (unpaired) electrons. The normalized spacial score (nSPS) is 17.3. The molecule has 6 heteroatoms. The fourth-order valence-corrected chi connectivity index (χ4v) is 2.78. The molecule has 1 N–H and O–H groups in total. The average Bonchev–Trinajstić information content (AvgIpc) is 2.88. The van der Waals surface area contributed by atoms with Crippen LogP contribution < -0.4 is 10.2 Å². The van der Waals surface area contributed by atoms with E-state index in [0.717, 1.165) is 11.3 Å². The van der Waals surface area contributed by atoms with E-state index in [1.165, 1.54) is 12.1 Å². The molecule has 0 spiro atoms. The third-order valence-corrected chi connectivity index (χ3v) is 3.92. The molecule has 23 heavy (non-hydrogen) atoms. The maximum atomic E-state index is 12.6. The van der Waals surface area contributed by atoms with Crippen LogP contribution in [0.3, 0.4) is 0 Å². The van der Waals surface area contributed by atoms with Gasteiger partial charge >= 0.3 is 0 Å². The third kappa shape index (κ3) is 3.15. The topological polar surface area (TPSA) is 75.5 Å². The highest BCUT2D eigenvalue weighted by Crippen LogP contribution is 2.26. The van der Waals surface area contributed by atoms with E-state index in [9.17, 15) is 14.9 Å². The predicted molar refractivity (Wildman–Crippen MR) is 88.7 cm³/mol. The van der Waals surface area contributed by atoms with Gasteiger partial charge in [0, 0.05) is 24.4 Å². The van der Waals surface area contributed by atoms with E-state index in [2.05, 4.69) is 5.32 Å². The van der Waals surface area contributed by atoms with Crippen LogP contribution in [0.25, 0.3) is 0 Å². The van der Waals surface area contributed by atoms with E-state index < -0.39 is 4.92 Å². The van der Waals surface area contributed by atoms with E-state index in [-0.39, 0.29) is 17.6 Å². The fraction of sp³-hybridized carbons (Fsp3) is 0.235. The van der Waals surface area contributed by atoms with Gasteiger partial charge in [-0.15, -0.1) is 0 Å². The molecule has 2 aromatic carbocycles. The summed E-state index contributed by atoms with van der Waals surface area (Å²) in [6, 6.07) is 13.7. The SMILES string of the molecule is Cc1cccc(NC2CCN(c3cccc([N+](=O)[O-])c3)C2=O)c1. The van der Waals surface area contributed by atoms with Crippen LogP contribution in [-0.2, 0) is 4.79 Å². The highest BCUT2D eigenvalue weighted by Gasteiger charge is 2.33. The molecule has 2 aromatic rings. The number of carbonyl (C=O) groups excluding carboxylic acids is 1. The highest BCUT2D eigenvalue weighted by molar-refractivity contribution is 6.01. The molecular formula is C17H17N3O3. The number of hydrogen-bond acceptors (Lipinski definition) is 4. The number of non-ortho nitro benzene ring substituents is 1. The van der Waals surface area contributed by atoms with Crippen LogP contribution in [0.1, 0.15) is 12.0 Å². The maximum Gasteiger partial charge on any atom is 0.271 e. The van der Waals surface area contributed by atoms with E-state index in [4.69, 9.17) is 0 Å². The Balaban J connectivity index is 1.76. The molecule has 118 valence electrons. The summed E-state index contributed by atoms with van der Waals surface area (Å²) in [6.07, 6.45) is 0.662. The quantitative estimate of drug-likeness (QED) is 0.695. The molecule has 1 saturated heterocycles. The van der Waals surface area contributed by atoms with Gasteiger partial charge in [0.1, 0.15) is 6.04 Å². The Kier molecular flexibility index (Phi) is 3.97. The van der Waals surface area contributed by atoms with Crippen molar-refractivity contribution in [3.05, 3.63) is 64.2 Å². The minimum Gasteiger partial charge on any atom is -0.374 e. The van der Waals surface area contributed by atoms with Crippen molar-refractivity contribution in [1.29, 1.82) is 0 Å². The minimum atomic E-state index is -0.452. The molecule has 1 atom stereocenters. The molecule has 0 aliphatic carbocycles. The number of aryl methyl sites for hydroxylation is 1. The smallest absolute Gasteiger partial charge is 0.271 e. The Bertz CT molecular complexity index is 760. The van der Waals surface area contributed by atoms with Gasteiger partial charge < -0.3 is 10.2 Å². The van der Waals surface area contributed by atoms with Gasteiger partial charge in [-0.2, -0.15) is 0 Å². The number of amides is 1. The molecule has 6 nitrogen and oxygen atoms in total. The van der Waals surface area contributed by atoms with Crippen molar-refractivity contribution in [2.75, 3.05) is 16.8 Å². The molecule has 1 unspecified atom stereocenters. The predicted octanol–water partition coefficient (Wildman–Crippen LogP) is 3.12. The summed E-state index contributed by atoms with van der Waals surface area (Å²) in [7, 11) is 0. The first-order valence-electron chi connectivity index (χ1n) is 7.43. The first-order valence-corrected chi connectivity index (χ1v) is 7.43. The minimum absolute atomic E-state index is 0.00890. The first-order chi connectivity index (χ1) is 11.0. The van der Waals surface area contributed by atoms with E-state index >= 15 is 0 Å². The summed E-state index contributed by atoms with van der Waals surface area (Å²) in [4.78, 5) is 24.6. The van der Waals surface area contributed by atoms with Gasteiger partial charge in [0.25, 0.3) is 5.69 Å².